The molecule has 0 aliphatic heterocycles. The van der Waals surface area contributed by atoms with Crippen molar-refractivity contribution in [3.63, 3.8) is 0 Å². The minimum Gasteiger partial charge on any atom is -0.320 e. The Morgan fingerprint density at radius 3 is 1.96 bits per heavy atom. The van der Waals surface area contributed by atoms with Gasteiger partial charge in [-0.3, -0.25) is 14.6 Å². The van der Waals surface area contributed by atoms with Crippen LogP contribution in [0, 0.1) is 17.1 Å². The van der Waals surface area contributed by atoms with Gasteiger partial charge in [0.1, 0.15) is 5.69 Å². The molecule has 0 saturated heterocycles. The van der Waals surface area contributed by atoms with E-state index in [1.165, 1.54) is 5.32 Å². The average molecular weight is 771 g/mol. The summed E-state index contributed by atoms with van der Waals surface area (Å²) >= 11 is 2.29. The van der Waals surface area contributed by atoms with Crippen LogP contribution in [0.3, 0.4) is 0 Å². The van der Waals surface area contributed by atoms with E-state index in [0.29, 0.717) is 29.3 Å². The van der Waals surface area contributed by atoms with Crippen LogP contribution in [-0.2, 0) is 18.0 Å². The topological polar surface area (TPSA) is 86.1 Å². The number of nitrogens with zero attached hydrogens (tertiary/aromatic N) is 3. The monoisotopic (exact) mass is 770 g/mol. The van der Waals surface area contributed by atoms with Crippen molar-refractivity contribution >= 4 is 39.1 Å². The van der Waals surface area contributed by atoms with Crippen LogP contribution in [0.25, 0.3) is 0 Å². The molecule has 3 aromatic rings. The first kappa shape index (κ1) is 38.0. The minimum atomic E-state index is -6.80. The molecule has 0 unspecified atom stereocenters. The highest BCUT2D eigenvalue weighted by Crippen LogP contribution is 2.55. The van der Waals surface area contributed by atoms with E-state index in [1.807, 2.05) is 0 Å². The number of hydrogen-bond acceptors (Lipinski definition) is 4. The molecule has 0 spiro atoms. The molecule has 21 heteroatoms. The molecule has 258 valence electrons. The Hall–Kier alpha value is -4.48. The zero-order chi connectivity index (χ0) is 36.6. The zero-order valence-electron chi connectivity index (χ0n) is 22.9. The molecule has 0 saturated carbocycles. The smallest absolute Gasteiger partial charge is 0.320 e. The maximum absolute atomic E-state index is 15.7. The van der Waals surface area contributed by atoms with Gasteiger partial charge in [0.15, 0.2) is 5.82 Å². The second-order valence-corrected chi connectivity index (χ2v) is 10.3. The number of carbonyl (C=O) groups is 2. The van der Waals surface area contributed by atoms with Crippen LogP contribution < -0.4 is 10.2 Å². The molecule has 2 amide bonds. The van der Waals surface area contributed by atoms with Gasteiger partial charge in [0.2, 0.25) is 0 Å². The van der Waals surface area contributed by atoms with E-state index in [9.17, 15) is 66.7 Å². The summed E-state index contributed by atoms with van der Waals surface area (Å²) in [5.74, 6) is -4.72. The van der Waals surface area contributed by atoms with E-state index in [2.05, 4.69) is 20.9 Å². The lowest BCUT2D eigenvalue weighted by Crippen LogP contribution is -2.50. The molecule has 0 atom stereocenters. The first-order valence-corrected chi connectivity index (χ1v) is 13.2. The molecule has 1 heterocycles. The molecular formula is C27H13BrF14N4O2. The van der Waals surface area contributed by atoms with Gasteiger partial charge in [-0.15, -0.1) is 0 Å². The van der Waals surface area contributed by atoms with Crippen molar-refractivity contribution in [1.82, 2.24) is 4.98 Å². The van der Waals surface area contributed by atoms with Crippen LogP contribution in [0.5, 0.6) is 0 Å². The number of pyridine rings is 1. The highest BCUT2D eigenvalue weighted by molar-refractivity contribution is 9.10. The lowest BCUT2D eigenvalue weighted by atomic mass is 9.92. The van der Waals surface area contributed by atoms with Gasteiger partial charge in [0, 0.05) is 22.8 Å². The van der Waals surface area contributed by atoms with Gasteiger partial charge in [0.25, 0.3) is 11.8 Å². The van der Waals surface area contributed by atoms with Gasteiger partial charge < -0.3 is 10.2 Å². The summed E-state index contributed by atoms with van der Waals surface area (Å²) in [6, 6.07) is 3.87. The number of halogens is 15. The third kappa shape index (κ3) is 7.47. The van der Waals surface area contributed by atoms with E-state index in [1.54, 1.807) is 6.07 Å². The highest BCUT2D eigenvalue weighted by Gasteiger charge is 2.73. The number of nitriles is 1. The average Bonchev–Trinajstić information content (AvgIpc) is 2.96. The van der Waals surface area contributed by atoms with Crippen molar-refractivity contribution in [2.75, 3.05) is 16.8 Å². The van der Waals surface area contributed by atoms with Crippen molar-refractivity contribution in [2.24, 2.45) is 0 Å². The van der Waals surface area contributed by atoms with E-state index in [0.717, 1.165) is 12.1 Å². The number of nitrogens with one attached hydrogen (secondary N) is 1. The fourth-order valence-corrected chi connectivity index (χ4v) is 4.63. The maximum Gasteiger partial charge on any atom is 0.435 e. The molecule has 0 fully saturated rings. The summed E-state index contributed by atoms with van der Waals surface area (Å²) < 4.78 is 189. The Bertz CT molecular complexity index is 1730. The molecule has 1 N–H and O–H groups in total. The molecule has 1 aromatic heterocycles. The number of amides is 2. The Kier molecular flexibility index (Phi) is 10.4. The van der Waals surface area contributed by atoms with E-state index >= 15 is 4.39 Å². The molecule has 0 aliphatic carbocycles. The molecule has 0 radical (unpaired) electrons. The lowest BCUT2D eigenvalue weighted by molar-refractivity contribution is -0.348. The third-order valence-electron chi connectivity index (χ3n) is 6.32. The quantitative estimate of drug-likeness (QED) is 0.243. The molecule has 2 aromatic carbocycles. The van der Waals surface area contributed by atoms with Crippen molar-refractivity contribution in [3.8, 4) is 6.07 Å². The fraction of sp³-hybridized carbons (Fsp3) is 0.259. The van der Waals surface area contributed by atoms with Crippen LogP contribution in [0.2, 0.25) is 0 Å². The predicted molar refractivity (Wildman–Crippen MR) is 140 cm³/mol. The van der Waals surface area contributed by atoms with E-state index in [4.69, 9.17) is 5.26 Å². The fourth-order valence-electron chi connectivity index (χ4n) is 4.07. The lowest BCUT2D eigenvalue weighted by Gasteiger charge is -2.31. The van der Waals surface area contributed by atoms with E-state index < -0.39 is 111 Å². The first-order valence-electron chi connectivity index (χ1n) is 12.4. The SMILES string of the molecule is N#CCCN(C(=O)c1ccc(C(F)(F)F)nc1)c1cccc(C(=O)Nc2c(Br)cc(C(F)(C(F)(F)F)C(F)(F)F)cc2C(F)(F)F)c1F. The van der Waals surface area contributed by atoms with Crippen LogP contribution >= 0.6 is 15.9 Å². The predicted octanol–water partition coefficient (Wildman–Crippen LogP) is 9.12. The standard InChI is InChI=1S/C27H13BrF14N4O2/c28-16-10-13(23(30,26(37,38)39)27(40,41)42)9-15(24(31,32)33)20(16)45-21(47)14-3-1-4-17(19(14)29)46(8-2-7-43)22(48)12-5-6-18(44-11-12)25(34,35)36/h1,3-6,9-11H,2,8H2,(H,45,47). The molecule has 6 nitrogen and oxygen atoms in total. The number of anilines is 2. The van der Waals surface area contributed by atoms with Gasteiger partial charge in [-0.25, -0.2) is 8.78 Å². The number of benzene rings is 2. The molecular weight excluding hydrogens is 758 g/mol. The Labute approximate surface area is 267 Å². The van der Waals surface area contributed by atoms with Crippen molar-refractivity contribution in [1.29, 1.82) is 5.26 Å². The van der Waals surface area contributed by atoms with Crippen molar-refractivity contribution < 1.29 is 71.1 Å². The highest BCUT2D eigenvalue weighted by atomic mass is 79.9. The second kappa shape index (κ2) is 13.2. The second-order valence-electron chi connectivity index (χ2n) is 9.42. The first-order chi connectivity index (χ1) is 21.9. The van der Waals surface area contributed by atoms with Crippen LogP contribution in [-0.4, -0.2) is 35.7 Å². The van der Waals surface area contributed by atoms with Crippen LogP contribution in [0.4, 0.5) is 72.8 Å². The maximum atomic E-state index is 15.7. The van der Waals surface area contributed by atoms with E-state index in [-0.39, 0.29) is 6.07 Å². The number of alkyl halides is 13. The van der Waals surface area contributed by atoms with Gasteiger partial charge in [-0.2, -0.15) is 57.9 Å². The summed E-state index contributed by atoms with van der Waals surface area (Å²) in [4.78, 5) is 29.7. The molecule has 3 rings (SSSR count). The summed E-state index contributed by atoms with van der Waals surface area (Å²) in [6.45, 7) is -0.646. The van der Waals surface area contributed by atoms with Gasteiger partial charge in [0.05, 0.1) is 40.6 Å². The van der Waals surface area contributed by atoms with Crippen LogP contribution in [0.1, 0.15) is 44.0 Å². The molecule has 48 heavy (non-hydrogen) atoms. The molecule has 0 bridgehead atoms. The van der Waals surface area contributed by atoms with Gasteiger partial charge in [-0.05, 0) is 52.3 Å². The Morgan fingerprint density at radius 1 is 0.875 bits per heavy atom. The summed E-state index contributed by atoms with van der Waals surface area (Å²) in [7, 11) is 0. The van der Waals surface area contributed by atoms with Gasteiger partial charge >= 0.3 is 30.4 Å². The Balaban J connectivity index is 2.11. The summed E-state index contributed by atoms with van der Waals surface area (Å²) in [5, 5.41) is 10.5. The normalized spacial score (nSPS) is 12.8. The third-order valence-corrected chi connectivity index (χ3v) is 6.95. The number of hydrogen-bond donors (Lipinski definition) is 1. The van der Waals surface area contributed by atoms with Crippen molar-refractivity contribution in [2.45, 2.75) is 36.8 Å². The minimum absolute atomic E-state index is 0.320. The van der Waals surface area contributed by atoms with Crippen LogP contribution in [0.15, 0.2) is 53.1 Å². The van der Waals surface area contributed by atoms with Gasteiger partial charge in [-0.1, -0.05) is 6.07 Å². The summed E-state index contributed by atoms with van der Waals surface area (Å²) in [5.41, 5.74) is -16.8. The van der Waals surface area contributed by atoms with Crippen molar-refractivity contribution in [3.05, 3.63) is 86.9 Å². The zero-order valence-corrected chi connectivity index (χ0v) is 24.4. The molecule has 0 aliphatic rings. The number of aromatic nitrogens is 1. The number of rotatable bonds is 7. The largest absolute Gasteiger partial charge is 0.435 e. The summed E-state index contributed by atoms with van der Waals surface area (Å²) in [6.07, 6.45) is -24.4. The number of carbonyl (C=O) groups excluding carboxylic acids is 2. The Morgan fingerprint density at radius 2 is 1.48 bits per heavy atom.